The highest BCUT2D eigenvalue weighted by molar-refractivity contribution is 6.31. The zero-order valence-corrected chi connectivity index (χ0v) is 12.6. The molecule has 0 spiro atoms. The van der Waals surface area contributed by atoms with E-state index in [2.05, 4.69) is 47.4 Å². The van der Waals surface area contributed by atoms with Crippen LogP contribution in [0.5, 0.6) is 0 Å². The summed E-state index contributed by atoms with van der Waals surface area (Å²) >= 11 is 6.31. The smallest absolute Gasteiger partial charge is 0.0787 e. The van der Waals surface area contributed by atoms with E-state index in [4.69, 9.17) is 16.3 Å². The normalized spacial score (nSPS) is 24.6. The van der Waals surface area contributed by atoms with Crippen LogP contribution < -0.4 is 0 Å². The third kappa shape index (κ3) is 2.48. The van der Waals surface area contributed by atoms with Gasteiger partial charge in [0.05, 0.1) is 12.7 Å². The quantitative estimate of drug-likeness (QED) is 0.835. The summed E-state index contributed by atoms with van der Waals surface area (Å²) in [6.07, 6.45) is 0.305. The minimum absolute atomic E-state index is 0.305. The third-order valence-corrected chi connectivity index (χ3v) is 4.94. The molecule has 4 rings (SSSR count). The Balaban J connectivity index is 1.55. The summed E-state index contributed by atoms with van der Waals surface area (Å²) in [7, 11) is 0. The molecule has 0 aromatic heterocycles. The molecule has 0 N–H and O–H groups in total. The van der Waals surface area contributed by atoms with Gasteiger partial charge in [0.1, 0.15) is 0 Å². The molecule has 0 bridgehead atoms. The molecule has 0 radical (unpaired) electrons. The second kappa shape index (κ2) is 5.45. The highest BCUT2D eigenvalue weighted by Crippen LogP contribution is 2.39. The molecule has 2 nitrogen and oxygen atoms in total. The Labute approximate surface area is 130 Å². The van der Waals surface area contributed by atoms with Crippen LogP contribution in [0.2, 0.25) is 5.02 Å². The highest BCUT2D eigenvalue weighted by Gasteiger charge is 2.38. The fraction of sp³-hybridized carbons (Fsp3) is 0.333. The van der Waals surface area contributed by atoms with E-state index in [9.17, 15) is 0 Å². The first-order valence-electron chi connectivity index (χ1n) is 7.46. The minimum Gasteiger partial charge on any atom is -0.371 e. The van der Waals surface area contributed by atoms with Crippen LogP contribution in [-0.2, 0) is 17.9 Å². The Morgan fingerprint density at radius 3 is 2.76 bits per heavy atom. The zero-order valence-electron chi connectivity index (χ0n) is 11.8. The van der Waals surface area contributed by atoms with Crippen molar-refractivity contribution in [3.8, 4) is 0 Å². The number of benzene rings is 2. The Hall–Kier alpha value is -1.35. The predicted octanol–water partition coefficient (Wildman–Crippen LogP) is 3.84. The predicted molar refractivity (Wildman–Crippen MR) is 84.5 cm³/mol. The molecule has 2 aromatic rings. The lowest BCUT2D eigenvalue weighted by atomic mass is 9.90. The van der Waals surface area contributed by atoms with Crippen molar-refractivity contribution in [3.05, 3.63) is 70.2 Å². The van der Waals surface area contributed by atoms with E-state index in [0.717, 1.165) is 24.7 Å². The lowest BCUT2D eigenvalue weighted by Gasteiger charge is -2.28. The first kappa shape index (κ1) is 13.3. The minimum atomic E-state index is 0.305. The number of rotatable bonds is 2. The van der Waals surface area contributed by atoms with Gasteiger partial charge in [-0.15, -0.1) is 0 Å². The molecule has 0 unspecified atom stereocenters. The van der Waals surface area contributed by atoms with Crippen molar-refractivity contribution in [1.29, 1.82) is 0 Å². The van der Waals surface area contributed by atoms with Crippen molar-refractivity contribution in [2.24, 2.45) is 0 Å². The average Bonchev–Trinajstić information content (AvgIpc) is 2.91. The van der Waals surface area contributed by atoms with Crippen molar-refractivity contribution in [3.63, 3.8) is 0 Å². The van der Waals surface area contributed by atoms with Crippen LogP contribution in [0.4, 0.5) is 0 Å². The van der Waals surface area contributed by atoms with Crippen LogP contribution >= 0.6 is 11.6 Å². The Kier molecular flexibility index (Phi) is 3.46. The summed E-state index contributed by atoms with van der Waals surface area (Å²) < 4.78 is 6.05. The van der Waals surface area contributed by atoms with Crippen LogP contribution in [0.1, 0.15) is 22.6 Å². The van der Waals surface area contributed by atoms with E-state index < -0.39 is 0 Å². The summed E-state index contributed by atoms with van der Waals surface area (Å²) in [5, 5.41) is 0.840. The van der Waals surface area contributed by atoms with E-state index in [0.29, 0.717) is 18.6 Å². The largest absolute Gasteiger partial charge is 0.371 e. The highest BCUT2D eigenvalue weighted by atomic mass is 35.5. The van der Waals surface area contributed by atoms with Crippen LogP contribution in [0.25, 0.3) is 0 Å². The molecule has 0 aliphatic carbocycles. The van der Waals surface area contributed by atoms with Gasteiger partial charge in [0, 0.05) is 30.6 Å². The molecule has 21 heavy (non-hydrogen) atoms. The molecule has 2 aliphatic heterocycles. The van der Waals surface area contributed by atoms with E-state index in [1.165, 1.54) is 16.7 Å². The fourth-order valence-corrected chi connectivity index (χ4v) is 3.79. The van der Waals surface area contributed by atoms with E-state index in [1.807, 2.05) is 6.07 Å². The van der Waals surface area contributed by atoms with Crippen LogP contribution in [-0.4, -0.2) is 24.1 Å². The van der Waals surface area contributed by atoms with E-state index >= 15 is 0 Å². The van der Waals surface area contributed by atoms with Crippen LogP contribution in [0.3, 0.4) is 0 Å². The number of halogens is 1. The van der Waals surface area contributed by atoms with Gasteiger partial charge in [0.25, 0.3) is 0 Å². The van der Waals surface area contributed by atoms with Crippen molar-refractivity contribution < 1.29 is 4.74 Å². The summed E-state index contributed by atoms with van der Waals surface area (Å²) in [5.41, 5.74) is 3.93. The molecule has 2 aliphatic rings. The second-order valence-electron chi connectivity index (χ2n) is 5.94. The number of likely N-dealkylation sites (tertiary alicyclic amines) is 1. The standard InChI is InChI=1S/C18H18ClNO/c19-17-8-4-7-14-15-10-20(9-13-5-2-1-3-6-13)11-18(15)21-12-16(14)17/h1-8,15,18H,9-12H2/t15-,18-/m0/s1. The number of ether oxygens (including phenoxy) is 1. The van der Waals surface area contributed by atoms with Gasteiger partial charge in [-0.25, -0.2) is 0 Å². The molecule has 1 fully saturated rings. The molecule has 2 heterocycles. The summed E-state index contributed by atoms with van der Waals surface area (Å²) in [4.78, 5) is 2.49. The van der Waals surface area contributed by atoms with Gasteiger partial charge in [-0.1, -0.05) is 54.1 Å². The SMILES string of the molecule is Clc1cccc2c1CO[C@H]1CN(Cc3ccccc3)C[C@@H]21. The van der Waals surface area contributed by atoms with E-state index in [1.54, 1.807) is 0 Å². The second-order valence-corrected chi connectivity index (χ2v) is 6.35. The van der Waals surface area contributed by atoms with Gasteiger partial charge in [-0.05, 0) is 22.8 Å². The molecule has 0 amide bonds. The Morgan fingerprint density at radius 1 is 1.05 bits per heavy atom. The third-order valence-electron chi connectivity index (χ3n) is 4.59. The first-order valence-corrected chi connectivity index (χ1v) is 7.84. The lowest BCUT2D eigenvalue weighted by Crippen LogP contribution is -2.27. The summed E-state index contributed by atoms with van der Waals surface area (Å²) in [6, 6.07) is 16.9. The Morgan fingerprint density at radius 2 is 1.90 bits per heavy atom. The number of hydrogen-bond donors (Lipinski definition) is 0. The van der Waals surface area contributed by atoms with Crippen molar-refractivity contribution in [2.45, 2.75) is 25.2 Å². The van der Waals surface area contributed by atoms with Gasteiger partial charge < -0.3 is 4.74 Å². The van der Waals surface area contributed by atoms with Crippen molar-refractivity contribution in [1.82, 2.24) is 4.90 Å². The zero-order chi connectivity index (χ0) is 14.2. The molecule has 2 atom stereocenters. The lowest BCUT2D eigenvalue weighted by molar-refractivity contribution is 0.0250. The van der Waals surface area contributed by atoms with Gasteiger partial charge in [0.15, 0.2) is 0 Å². The van der Waals surface area contributed by atoms with Crippen LogP contribution in [0.15, 0.2) is 48.5 Å². The molecular formula is C18H18ClNO. The van der Waals surface area contributed by atoms with Crippen LogP contribution in [0, 0.1) is 0 Å². The molecule has 2 aromatic carbocycles. The maximum atomic E-state index is 6.31. The molecule has 1 saturated heterocycles. The topological polar surface area (TPSA) is 12.5 Å². The molecule has 108 valence electrons. The number of nitrogens with zero attached hydrogens (tertiary/aromatic N) is 1. The maximum Gasteiger partial charge on any atom is 0.0787 e. The van der Waals surface area contributed by atoms with Crippen molar-refractivity contribution in [2.75, 3.05) is 13.1 Å². The fourth-order valence-electron chi connectivity index (χ4n) is 3.56. The monoisotopic (exact) mass is 299 g/mol. The van der Waals surface area contributed by atoms with Crippen molar-refractivity contribution >= 4 is 11.6 Å². The summed E-state index contributed by atoms with van der Waals surface area (Å²) in [5.74, 6) is 0.455. The van der Waals surface area contributed by atoms with Gasteiger partial charge in [0.2, 0.25) is 0 Å². The molecular weight excluding hydrogens is 282 g/mol. The average molecular weight is 300 g/mol. The molecule has 3 heteroatoms. The van der Waals surface area contributed by atoms with Gasteiger partial charge >= 0.3 is 0 Å². The number of hydrogen-bond acceptors (Lipinski definition) is 2. The molecule has 0 saturated carbocycles. The first-order chi connectivity index (χ1) is 10.3. The van der Waals surface area contributed by atoms with Gasteiger partial charge in [-0.2, -0.15) is 0 Å². The van der Waals surface area contributed by atoms with Gasteiger partial charge in [-0.3, -0.25) is 4.90 Å². The van der Waals surface area contributed by atoms with E-state index in [-0.39, 0.29) is 0 Å². The Bertz CT molecular complexity index is 643. The number of fused-ring (bicyclic) bond motifs is 3. The maximum absolute atomic E-state index is 6.31. The summed E-state index contributed by atoms with van der Waals surface area (Å²) in [6.45, 7) is 3.70.